The summed E-state index contributed by atoms with van der Waals surface area (Å²) in [5, 5.41) is 3.23. The van der Waals surface area contributed by atoms with E-state index in [1.54, 1.807) is 0 Å². The van der Waals surface area contributed by atoms with Gasteiger partial charge in [-0.25, -0.2) is 0 Å². The maximum atomic E-state index is 13.4. The van der Waals surface area contributed by atoms with Crippen molar-refractivity contribution in [3.8, 4) is 0 Å². The van der Waals surface area contributed by atoms with Crippen molar-refractivity contribution >= 4 is 21.8 Å². The lowest BCUT2D eigenvalue weighted by molar-refractivity contribution is -0.140. The van der Waals surface area contributed by atoms with Gasteiger partial charge in [0, 0.05) is 30.8 Å². The number of nitrogens with zero attached hydrogens (tertiary/aromatic N) is 1. The summed E-state index contributed by atoms with van der Waals surface area (Å²) < 4.78 is 6.59. The van der Waals surface area contributed by atoms with E-state index in [1.807, 2.05) is 19.2 Å². The molecule has 1 aromatic carbocycles. The third kappa shape index (κ3) is 3.47. The van der Waals surface area contributed by atoms with Crippen LogP contribution in [0.3, 0.4) is 0 Å². The number of benzene rings is 1. The molecule has 5 heteroatoms. The molecule has 4 nitrogen and oxygen atoms in total. The summed E-state index contributed by atoms with van der Waals surface area (Å²) in [7, 11) is 1.98. The van der Waals surface area contributed by atoms with Crippen molar-refractivity contribution in [1.29, 1.82) is 0 Å². The topological polar surface area (TPSA) is 41.6 Å². The molecule has 1 N–H and O–H groups in total. The number of likely N-dealkylation sites (tertiary alicyclic amines) is 1. The van der Waals surface area contributed by atoms with Gasteiger partial charge in [-0.1, -0.05) is 28.1 Å². The van der Waals surface area contributed by atoms with Crippen molar-refractivity contribution in [2.45, 2.75) is 24.7 Å². The molecule has 1 unspecified atom stereocenters. The van der Waals surface area contributed by atoms with E-state index in [0.717, 1.165) is 48.9 Å². The first-order chi connectivity index (χ1) is 11.2. The molecule has 23 heavy (non-hydrogen) atoms. The molecule has 2 saturated heterocycles. The molecular formula is C18H25BrN2O2. The van der Waals surface area contributed by atoms with Crippen molar-refractivity contribution in [3.05, 3.63) is 34.3 Å². The number of hydrogen-bond acceptors (Lipinski definition) is 3. The normalized spacial score (nSPS) is 23.9. The Morgan fingerprint density at radius 2 is 2.22 bits per heavy atom. The maximum absolute atomic E-state index is 13.4. The standard InChI is InChI=1S/C18H25BrN2O2/c1-20-12-14-5-8-21(13-14)17(22)18(6-9-23-10-7-18)15-3-2-4-16(19)11-15/h2-4,11,14,20H,5-10,12-13H2,1H3. The van der Waals surface area contributed by atoms with Crippen molar-refractivity contribution in [3.63, 3.8) is 0 Å². The molecule has 1 atom stereocenters. The van der Waals surface area contributed by atoms with Gasteiger partial charge in [-0.3, -0.25) is 4.79 Å². The summed E-state index contributed by atoms with van der Waals surface area (Å²) in [6.45, 7) is 4.05. The lowest BCUT2D eigenvalue weighted by atomic mass is 9.73. The molecule has 0 spiro atoms. The number of nitrogens with one attached hydrogen (secondary N) is 1. The molecule has 0 aliphatic carbocycles. The summed E-state index contributed by atoms with van der Waals surface area (Å²) >= 11 is 3.55. The number of hydrogen-bond donors (Lipinski definition) is 1. The zero-order chi connectivity index (χ0) is 16.3. The molecule has 1 amide bonds. The number of ether oxygens (including phenoxy) is 1. The number of carbonyl (C=O) groups excluding carboxylic acids is 1. The van der Waals surface area contributed by atoms with Crippen LogP contribution >= 0.6 is 15.9 Å². The summed E-state index contributed by atoms with van der Waals surface area (Å²) in [4.78, 5) is 15.5. The first-order valence-corrected chi connectivity index (χ1v) is 9.23. The van der Waals surface area contributed by atoms with Crippen molar-refractivity contribution in [2.24, 2.45) is 5.92 Å². The second-order valence-electron chi connectivity index (χ2n) is 6.67. The van der Waals surface area contributed by atoms with E-state index in [-0.39, 0.29) is 5.91 Å². The summed E-state index contributed by atoms with van der Waals surface area (Å²) in [6, 6.07) is 8.23. The van der Waals surface area contributed by atoms with E-state index in [2.05, 4.69) is 38.3 Å². The SMILES string of the molecule is CNCC1CCN(C(=O)C2(c3cccc(Br)c3)CCOCC2)C1. The first-order valence-electron chi connectivity index (χ1n) is 8.43. The molecule has 3 rings (SSSR count). The molecule has 1 aromatic rings. The zero-order valence-corrected chi connectivity index (χ0v) is 15.3. The third-order valence-electron chi connectivity index (χ3n) is 5.20. The van der Waals surface area contributed by atoms with Gasteiger partial charge >= 0.3 is 0 Å². The summed E-state index contributed by atoms with van der Waals surface area (Å²) in [5.74, 6) is 0.862. The van der Waals surface area contributed by atoms with Crippen LogP contribution in [0.25, 0.3) is 0 Å². The molecule has 2 aliphatic rings. The van der Waals surface area contributed by atoms with Crippen LogP contribution in [0.4, 0.5) is 0 Å². The highest BCUT2D eigenvalue weighted by Crippen LogP contribution is 2.38. The number of halogens is 1. The van der Waals surface area contributed by atoms with Gasteiger partial charge in [-0.2, -0.15) is 0 Å². The van der Waals surface area contributed by atoms with Gasteiger partial charge in [-0.05, 0) is 56.5 Å². The number of carbonyl (C=O) groups is 1. The fourth-order valence-corrected chi connectivity index (χ4v) is 4.31. The smallest absolute Gasteiger partial charge is 0.233 e. The van der Waals surface area contributed by atoms with Crippen molar-refractivity contribution in [2.75, 3.05) is 39.9 Å². The van der Waals surface area contributed by atoms with Crippen LogP contribution in [0.5, 0.6) is 0 Å². The largest absolute Gasteiger partial charge is 0.381 e. The van der Waals surface area contributed by atoms with Crippen LogP contribution in [0.15, 0.2) is 28.7 Å². The monoisotopic (exact) mass is 380 g/mol. The third-order valence-corrected chi connectivity index (χ3v) is 5.69. The highest BCUT2D eigenvalue weighted by molar-refractivity contribution is 9.10. The average molecular weight is 381 g/mol. The van der Waals surface area contributed by atoms with E-state index in [9.17, 15) is 4.79 Å². The molecule has 0 bridgehead atoms. The van der Waals surface area contributed by atoms with Gasteiger partial charge in [-0.15, -0.1) is 0 Å². The van der Waals surface area contributed by atoms with Crippen LogP contribution in [-0.4, -0.2) is 50.7 Å². The molecule has 0 aromatic heterocycles. The van der Waals surface area contributed by atoms with E-state index < -0.39 is 5.41 Å². The Labute approximate surface area is 146 Å². The van der Waals surface area contributed by atoms with Gasteiger partial charge in [0.05, 0.1) is 5.41 Å². The molecule has 0 saturated carbocycles. The minimum atomic E-state index is -0.420. The number of amides is 1. The predicted octanol–water partition coefficient (Wildman–Crippen LogP) is 2.57. The Balaban J connectivity index is 1.86. The second kappa shape index (κ2) is 7.32. The van der Waals surface area contributed by atoms with Crippen LogP contribution in [0.1, 0.15) is 24.8 Å². The summed E-state index contributed by atoms with van der Waals surface area (Å²) in [5.41, 5.74) is 0.702. The molecule has 126 valence electrons. The lowest BCUT2D eigenvalue weighted by Gasteiger charge is -2.39. The lowest BCUT2D eigenvalue weighted by Crippen LogP contribution is -2.49. The van der Waals surface area contributed by atoms with Gasteiger partial charge in [0.15, 0.2) is 0 Å². The van der Waals surface area contributed by atoms with Crippen LogP contribution in [-0.2, 0) is 14.9 Å². The van der Waals surface area contributed by atoms with E-state index in [4.69, 9.17) is 4.74 Å². The van der Waals surface area contributed by atoms with Crippen LogP contribution < -0.4 is 5.32 Å². The maximum Gasteiger partial charge on any atom is 0.233 e. The fraction of sp³-hybridized carbons (Fsp3) is 0.611. The Kier molecular flexibility index (Phi) is 5.39. The van der Waals surface area contributed by atoms with Crippen molar-refractivity contribution < 1.29 is 9.53 Å². The van der Waals surface area contributed by atoms with E-state index >= 15 is 0 Å². The Morgan fingerprint density at radius 3 is 2.91 bits per heavy atom. The Bertz CT molecular complexity index is 558. The van der Waals surface area contributed by atoms with Gasteiger partial charge in [0.2, 0.25) is 5.91 Å². The minimum absolute atomic E-state index is 0.289. The molecule has 0 radical (unpaired) electrons. The molecule has 2 heterocycles. The zero-order valence-electron chi connectivity index (χ0n) is 13.7. The van der Waals surface area contributed by atoms with Gasteiger partial charge < -0.3 is 15.0 Å². The molecular weight excluding hydrogens is 356 g/mol. The van der Waals surface area contributed by atoms with Crippen molar-refractivity contribution in [1.82, 2.24) is 10.2 Å². The molecule has 2 fully saturated rings. The second-order valence-corrected chi connectivity index (χ2v) is 7.58. The average Bonchev–Trinajstić information content (AvgIpc) is 3.04. The number of rotatable bonds is 4. The Hall–Kier alpha value is -0.910. The van der Waals surface area contributed by atoms with E-state index in [1.165, 1.54) is 0 Å². The van der Waals surface area contributed by atoms with Gasteiger partial charge in [0.1, 0.15) is 0 Å². The quantitative estimate of drug-likeness (QED) is 0.872. The summed E-state index contributed by atoms with van der Waals surface area (Å²) in [6.07, 6.45) is 2.64. The van der Waals surface area contributed by atoms with Gasteiger partial charge in [0.25, 0.3) is 0 Å². The Morgan fingerprint density at radius 1 is 1.43 bits per heavy atom. The highest BCUT2D eigenvalue weighted by Gasteiger charge is 2.45. The van der Waals surface area contributed by atoms with E-state index in [0.29, 0.717) is 19.1 Å². The minimum Gasteiger partial charge on any atom is -0.381 e. The first kappa shape index (κ1) is 16.9. The molecule has 2 aliphatic heterocycles. The van der Waals surface area contributed by atoms with Crippen LogP contribution in [0, 0.1) is 5.92 Å². The highest BCUT2D eigenvalue weighted by atomic mass is 79.9. The predicted molar refractivity (Wildman–Crippen MR) is 94.5 cm³/mol. The fourth-order valence-electron chi connectivity index (χ4n) is 3.91. The van der Waals surface area contributed by atoms with Crippen LogP contribution in [0.2, 0.25) is 0 Å².